The predicted molar refractivity (Wildman–Crippen MR) is 147 cm³/mol. The molecule has 0 aliphatic carbocycles. The Hall–Kier alpha value is -5.12. The van der Waals surface area contributed by atoms with Crippen molar-refractivity contribution in [3.63, 3.8) is 0 Å². The van der Waals surface area contributed by atoms with Gasteiger partial charge in [-0.1, -0.05) is 17.3 Å². The van der Waals surface area contributed by atoms with Crippen LogP contribution in [-0.2, 0) is 19.6 Å². The molecule has 4 aromatic rings. The molecule has 0 amide bonds. The van der Waals surface area contributed by atoms with Crippen LogP contribution in [0.1, 0.15) is 22.5 Å². The van der Waals surface area contributed by atoms with Gasteiger partial charge in [0.05, 0.1) is 17.2 Å². The second-order valence-electron chi connectivity index (χ2n) is 9.13. The van der Waals surface area contributed by atoms with E-state index >= 15 is 0 Å². The first kappa shape index (κ1) is 31.8. The molecule has 0 saturated carbocycles. The Labute approximate surface area is 247 Å². The number of nitrogens with one attached hydrogen (secondary N) is 2. The van der Waals surface area contributed by atoms with Gasteiger partial charge in [0.1, 0.15) is 28.6 Å². The number of ether oxygens (including phenoxy) is 2. The van der Waals surface area contributed by atoms with Crippen molar-refractivity contribution in [2.75, 3.05) is 23.2 Å². The maximum Gasteiger partial charge on any atom is 0.491 e. The number of halogens is 4. The molecule has 3 aromatic carbocycles. The number of nitrogens with zero attached hydrogens (tertiary/aromatic N) is 1. The summed E-state index contributed by atoms with van der Waals surface area (Å²) in [5.41, 5.74) is -0.781. The molecule has 11 nitrogen and oxygen atoms in total. The van der Waals surface area contributed by atoms with Crippen molar-refractivity contribution in [2.45, 2.75) is 24.4 Å². The van der Waals surface area contributed by atoms with Crippen LogP contribution in [0.4, 0.5) is 29.1 Å². The van der Waals surface area contributed by atoms with E-state index in [-0.39, 0.29) is 40.5 Å². The number of rotatable bonds is 11. The van der Waals surface area contributed by atoms with Crippen LogP contribution in [0.15, 0.2) is 76.1 Å². The summed E-state index contributed by atoms with van der Waals surface area (Å²) in [5, 5.41) is 16.7. The standard InChI is InChI=1S/C28H23F4N3O8S/c1-16-12-25(34-43-16)33-10-3-11-41-26(37)21-8-7-19(15-24(21)42-27(38)28(30,31)32)35-44(39,40)20-5-2-4-17(13-20)22-14-18(29)6-9-23(22)36/h2,4-9,12-15,35-36H,3,10-11H2,1H3,(H,33,34). The molecule has 0 aliphatic heterocycles. The number of sulfonamides is 1. The molecule has 0 bridgehead atoms. The van der Waals surface area contributed by atoms with E-state index in [9.17, 15) is 40.7 Å². The summed E-state index contributed by atoms with van der Waals surface area (Å²) in [4.78, 5) is 23.9. The topological polar surface area (TPSA) is 157 Å². The molecule has 4 rings (SSSR count). The van der Waals surface area contributed by atoms with E-state index in [1.165, 1.54) is 18.2 Å². The Bertz CT molecular complexity index is 1790. The molecule has 44 heavy (non-hydrogen) atoms. The van der Waals surface area contributed by atoms with Crippen molar-refractivity contribution < 1.29 is 54.7 Å². The lowest BCUT2D eigenvalue weighted by Crippen LogP contribution is -2.28. The van der Waals surface area contributed by atoms with Gasteiger partial charge in [-0.3, -0.25) is 4.72 Å². The number of benzene rings is 3. The fraction of sp³-hybridized carbons (Fsp3) is 0.179. The van der Waals surface area contributed by atoms with E-state index in [2.05, 4.69) is 19.9 Å². The summed E-state index contributed by atoms with van der Waals surface area (Å²) in [6, 6.07) is 12.5. The largest absolute Gasteiger partial charge is 0.507 e. The zero-order valence-electron chi connectivity index (χ0n) is 22.6. The average Bonchev–Trinajstić information content (AvgIpc) is 3.38. The SMILES string of the molecule is Cc1cc(NCCCOC(=O)c2ccc(NS(=O)(=O)c3cccc(-c4cc(F)ccc4O)c3)cc2OC(=O)C(F)(F)F)no1. The number of aromatic hydroxyl groups is 1. The molecule has 16 heteroatoms. The summed E-state index contributed by atoms with van der Waals surface area (Å²) < 4.78 is 95.3. The third-order valence-electron chi connectivity index (χ3n) is 5.79. The number of hydrogen-bond acceptors (Lipinski definition) is 10. The Morgan fingerprint density at radius 2 is 1.82 bits per heavy atom. The second-order valence-corrected chi connectivity index (χ2v) is 10.8. The van der Waals surface area contributed by atoms with Gasteiger partial charge < -0.3 is 24.4 Å². The van der Waals surface area contributed by atoms with Crippen molar-refractivity contribution in [1.29, 1.82) is 0 Å². The first-order valence-corrected chi connectivity index (χ1v) is 14.1. The Balaban J connectivity index is 1.52. The number of anilines is 2. The van der Waals surface area contributed by atoms with Gasteiger partial charge in [-0.25, -0.2) is 22.4 Å². The van der Waals surface area contributed by atoms with E-state index in [0.717, 1.165) is 36.4 Å². The zero-order chi connectivity index (χ0) is 32.1. The number of hydrogen-bond donors (Lipinski definition) is 3. The van der Waals surface area contributed by atoms with Crippen molar-refractivity contribution in [1.82, 2.24) is 5.16 Å². The van der Waals surface area contributed by atoms with E-state index in [1.807, 2.05) is 0 Å². The van der Waals surface area contributed by atoms with Crippen molar-refractivity contribution in [3.8, 4) is 22.6 Å². The van der Waals surface area contributed by atoms with Gasteiger partial charge in [0.15, 0.2) is 5.82 Å². The van der Waals surface area contributed by atoms with Crippen molar-refractivity contribution >= 4 is 33.5 Å². The quantitative estimate of drug-likeness (QED) is 0.0839. The average molecular weight is 638 g/mol. The smallest absolute Gasteiger partial charge is 0.491 e. The van der Waals surface area contributed by atoms with E-state index < -0.39 is 45.3 Å². The number of alkyl halides is 3. The number of phenols is 1. The zero-order valence-corrected chi connectivity index (χ0v) is 23.5. The lowest BCUT2D eigenvalue weighted by atomic mass is 10.0. The maximum atomic E-state index is 13.7. The summed E-state index contributed by atoms with van der Waals surface area (Å²) in [5.74, 6) is -4.66. The Morgan fingerprint density at radius 3 is 2.52 bits per heavy atom. The summed E-state index contributed by atoms with van der Waals surface area (Å²) >= 11 is 0. The lowest BCUT2D eigenvalue weighted by molar-refractivity contribution is -0.189. The number of phenolic OH excluding ortho intramolecular Hbond substituents is 1. The minimum Gasteiger partial charge on any atom is -0.507 e. The number of carbonyl (C=O) groups is 2. The van der Waals surface area contributed by atoms with Crippen LogP contribution >= 0.6 is 0 Å². The minimum atomic E-state index is -5.43. The highest BCUT2D eigenvalue weighted by molar-refractivity contribution is 7.92. The molecular weight excluding hydrogens is 614 g/mol. The van der Waals surface area contributed by atoms with Crippen LogP contribution in [0.5, 0.6) is 11.5 Å². The van der Waals surface area contributed by atoms with Crippen LogP contribution in [-0.4, -0.2) is 49.9 Å². The van der Waals surface area contributed by atoms with Gasteiger partial charge >= 0.3 is 18.1 Å². The summed E-state index contributed by atoms with van der Waals surface area (Å²) in [6.45, 7) is 1.81. The molecule has 0 radical (unpaired) electrons. The predicted octanol–water partition coefficient (Wildman–Crippen LogP) is 5.42. The van der Waals surface area contributed by atoms with Gasteiger partial charge in [0.2, 0.25) is 0 Å². The molecule has 0 saturated heterocycles. The Morgan fingerprint density at radius 1 is 1.05 bits per heavy atom. The van der Waals surface area contributed by atoms with Crippen LogP contribution in [0.2, 0.25) is 0 Å². The van der Waals surface area contributed by atoms with Gasteiger partial charge in [-0.05, 0) is 61.4 Å². The van der Waals surface area contributed by atoms with Crippen LogP contribution in [0.3, 0.4) is 0 Å². The molecule has 1 aromatic heterocycles. The number of aryl methyl sites for hydroxylation is 1. The third kappa shape index (κ3) is 8.03. The van der Waals surface area contributed by atoms with Crippen molar-refractivity contribution in [3.05, 3.63) is 83.9 Å². The molecule has 0 spiro atoms. The third-order valence-corrected chi connectivity index (χ3v) is 7.17. The van der Waals surface area contributed by atoms with Crippen LogP contribution in [0.25, 0.3) is 11.1 Å². The van der Waals surface area contributed by atoms with Crippen molar-refractivity contribution in [2.24, 2.45) is 0 Å². The first-order valence-electron chi connectivity index (χ1n) is 12.6. The van der Waals surface area contributed by atoms with Gasteiger partial charge in [0, 0.05) is 24.2 Å². The maximum absolute atomic E-state index is 13.7. The monoisotopic (exact) mass is 637 g/mol. The highest BCUT2D eigenvalue weighted by Crippen LogP contribution is 2.32. The molecule has 1 heterocycles. The molecule has 0 aliphatic rings. The number of aromatic nitrogens is 1. The molecular formula is C28H23F4N3O8S. The highest BCUT2D eigenvalue weighted by atomic mass is 32.2. The summed E-state index contributed by atoms with van der Waals surface area (Å²) in [7, 11) is -4.44. The Kier molecular flexibility index (Phi) is 9.42. The normalized spacial score (nSPS) is 11.6. The van der Waals surface area contributed by atoms with Gasteiger partial charge in [0.25, 0.3) is 10.0 Å². The molecule has 0 atom stereocenters. The molecule has 232 valence electrons. The van der Waals surface area contributed by atoms with Crippen LogP contribution < -0.4 is 14.8 Å². The van der Waals surface area contributed by atoms with E-state index in [1.54, 1.807) is 13.0 Å². The number of esters is 2. The fourth-order valence-electron chi connectivity index (χ4n) is 3.76. The molecule has 3 N–H and O–H groups in total. The lowest BCUT2D eigenvalue weighted by Gasteiger charge is -2.14. The minimum absolute atomic E-state index is 0.00953. The van der Waals surface area contributed by atoms with E-state index in [4.69, 9.17) is 9.26 Å². The van der Waals surface area contributed by atoms with Gasteiger partial charge in [-0.15, -0.1) is 0 Å². The van der Waals surface area contributed by atoms with Gasteiger partial charge in [-0.2, -0.15) is 13.2 Å². The van der Waals surface area contributed by atoms with Crippen LogP contribution in [0, 0.1) is 12.7 Å². The highest BCUT2D eigenvalue weighted by Gasteiger charge is 2.42. The number of carbonyl (C=O) groups excluding carboxylic acids is 2. The second kappa shape index (κ2) is 13.0. The first-order chi connectivity index (χ1) is 20.7. The molecule has 0 unspecified atom stereocenters. The summed E-state index contributed by atoms with van der Waals surface area (Å²) in [6.07, 6.45) is -5.16. The fourth-order valence-corrected chi connectivity index (χ4v) is 4.86. The molecule has 0 fully saturated rings. The van der Waals surface area contributed by atoms with E-state index in [0.29, 0.717) is 24.2 Å².